The molecule has 0 bridgehead atoms. The van der Waals surface area contributed by atoms with Crippen molar-refractivity contribution in [1.29, 1.82) is 0 Å². The van der Waals surface area contributed by atoms with Gasteiger partial charge in [-0.3, -0.25) is 4.79 Å². The molecule has 0 saturated carbocycles. The van der Waals surface area contributed by atoms with Gasteiger partial charge in [0.15, 0.2) is 0 Å². The summed E-state index contributed by atoms with van der Waals surface area (Å²) >= 11 is 0. The third-order valence-electron chi connectivity index (χ3n) is 3.06. The van der Waals surface area contributed by atoms with Crippen molar-refractivity contribution in [3.8, 4) is 11.1 Å². The van der Waals surface area contributed by atoms with Gasteiger partial charge in [0.1, 0.15) is 0 Å². The molecule has 0 radical (unpaired) electrons. The van der Waals surface area contributed by atoms with E-state index in [4.69, 9.17) is 10.8 Å². The Morgan fingerprint density at radius 2 is 1.79 bits per heavy atom. The summed E-state index contributed by atoms with van der Waals surface area (Å²) in [6.07, 6.45) is -0.0583. The molecule has 0 amide bonds. The van der Waals surface area contributed by atoms with E-state index in [1.165, 1.54) is 5.56 Å². The van der Waals surface area contributed by atoms with Crippen LogP contribution < -0.4 is 5.73 Å². The van der Waals surface area contributed by atoms with E-state index in [2.05, 4.69) is 6.07 Å². The summed E-state index contributed by atoms with van der Waals surface area (Å²) in [4.78, 5) is 10.7. The molecule has 19 heavy (non-hydrogen) atoms. The molecule has 3 N–H and O–H groups in total. The summed E-state index contributed by atoms with van der Waals surface area (Å²) in [5.41, 5.74) is 10.1. The number of carboxylic acid groups (broad SMARTS) is 1. The van der Waals surface area contributed by atoms with Gasteiger partial charge in [0.05, 0.1) is 6.42 Å². The van der Waals surface area contributed by atoms with Gasteiger partial charge < -0.3 is 10.8 Å². The van der Waals surface area contributed by atoms with Gasteiger partial charge in [-0.1, -0.05) is 48.0 Å². The fraction of sp³-hybridized carbons (Fsp3) is 0.188. The highest BCUT2D eigenvalue weighted by atomic mass is 16.4. The molecule has 98 valence electrons. The first-order valence-electron chi connectivity index (χ1n) is 6.20. The van der Waals surface area contributed by atoms with Crippen molar-refractivity contribution >= 4 is 5.97 Å². The highest BCUT2D eigenvalue weighted by Crippen LogP contribution is 2.24. The lowest BCUT2D eigenvalue weighted by molar-refractivity contribution is -0.137. The SMILES string of the molecule is Cc1cccc(-c2cccc(C(N)CC(=O)O)c2)c1. The van der Waals surface area contributed by atoms with Gasteiger partial charge in [-0.2, -0.15) is 0 Å². The zero-order chi connectivity index (χ0) is 13.8. The summed E-state index contributed by atoms with van der Waals surface area (Å²) in [5, 5.41) is 8.79. The zero-order valence-electron chi connectivity index (χ0n) is 10.8. The van der Waals surface area contributed by atoms with Crippen molar-refractivity contribution < 1.29 is 9.90 Å². The van der Waals surface area contributed by atoms with Crippen LogP contribution in [0.2, 0.25) is 0 Å². The maximum Gasteiger partial charge on any atom is 0.305 e. The monoisotopic (exact) mass is 255 g/mol. The number of aliphatic carboxylic acids is 1. The molecule has 3 heteroatoms. The van der Waals surface area contributed by atoms with Gasteiger partial charge >= 0.3 is 5.97 Å². The molecule has 2 aromatic carbocycles. The molecule has 0 saturated heterocycles. The van der Waals surface area contributed by atoms with Crippen LogP contribution in [-0.2, 0) is 4.79 Å². The average molecular weight is 255 g/mol. The number of hydrogen-bond donors (Lipinski definition) is 2. The molecule has 0 heterocycles. The molecule has 0 spiro atoms. The molecule has 2 aromatic rings. The van der Waals surface area contributed by atoms with Crippen LogP contribution in [0.25, 0.3) is 11.1 Å². The largest absolute Gasteiger partial charge is 0.481 e. The molecule has 0 aliphatic heterocycles. The van der Waals surface area contributed by atoms with Crippen LogP contribution in [0.1, 0.15) is 23.6 Å². The van der Waals surface area contributed by atoms with E-state index in [1.807, 2.05) is 49.4 Å². The Bertz CT molecular complexity index is 593. The fourth-order valence-corrected chi connectivity index (χ4v) is 2.08. The number of carbonyl (C=O) groups is 1. The smallest absolute Gasteiger partial charge is 0.305 e. The van der Waals surface area contributed by atoms with Crippen LogP contribution in [0.15, 0.2) is 48.5 Å². The quantitative estimate of drug-likeness (QED) is 0.882. The van der Waals surface area contributed by atoms with Crippen molar-refractivity contribution in [3.05, 3.63) is 59.7 Å². The van der Waals surface area contributed by atoms with Crippen molar-refractivity contribution in [2.45, 2.75) is 19.4 Å². The maximum atomic E-state index is 10.7. The molecule has 0 aromatic heterocycles. The lowest BCUT2D eigenvalue weighted by atomic mass is 9.97. The molecule has 2 rings (SSSR count). The van der Waals surface area contributed by atoms with Crippen molar-refractivity contribution in [1.82, 2.24) is 0 Å². The number of carboxylic acids is 1. The van der Waals surface area contributed by atoms with Gasteiger partial charge in [0, 0.05) is 6.04 Å². The molecule has 0 aliphatic carbocycles. The average Bonchev–Trinajstić information content (AvgIpc) is 2.38. The Balaban J connectivity index is 2.31. The molecule has 0 aliphatic rings. The van der Waals surface area contributed by atoms with Gasteiger partial charge in [0.25, 0.3) is 0 Å². The molecule has 0 fully saturated rings. The summed E-state index contributed by atoms with van der Waals surface area (Å²) in [7, 11) is 0. The van der Waals surface area contributed by atoms with E-state index < -0.39 is 12.0 Å². The van der Waals surface area contributed by atoms with Gasteiger partial charge in [-0.25, -0.2) is 0 Å². The summed E-state index contributed by atoms with van der Waals surface area (Å²) < 4.78 is 0. The molecule has 1 atom stereocenters. The highest BCUT2D eigenvalue weighted by molar-refractivity contribution is 5.69. The number of aryl methyl sites for hydroxylation is 1. The molecular formula is C16H17NO2. The van der Waals surface area contributed by atoms with E-state index in [-0.39, 0.29) is 6.42 Å². The third-order valence-corrected chi connectivity index (χ3v) is 3.06. The van der Waals surface area contributed by atoms with Crippen LogP contribution in [-0.4, -0.2) is 11.1 Å². The minimum atomic E-state index is -0.881. The minimum absolute atomic E-state index is 0.0583. The van der Waals surface area contributed by atoms with Crippen molar-refractivity contribution in [3.63, 3.8) is 0 Å². The van der Waals surface area contributed by atoms with E-state index in [0.29, 0.717) is 0 Å². The Labute approximate surface area is 112 Å². The van der Waals surface area contributed by atoms with Crippen LogP contribution >= 0.6 is 0 Å². The number of hydrogen-bond acceptors (Lipinski definition) is 2. The number of benzene rings is 2. The Kier molecular flexibility index (Phi) is 3.97. The second-order valence-electron chi connectivity index (χ2n) is 4.70. The van der Waals surface area contributed by atoms with Gasteiger partial charge in [-0.15, -0.1) is 0 Å². The third kappa shape index (κ3) is 3.42. The Morgan fingerprint density at radius 3 is 2.42 bits per heavy atom. The first-order chi connectivity index (χ1) is 9.06. The number of nitrogens with two attached hydrogens (primary N) is 1. The molecule has 1 unspecified atom stereocenters. The predicted molar refractivity (Wildman–Crippen MR) is 75.8 cm³/mol. The van der Waals surface area contributed by atoms with Crippen LogP contribution in [0, 0.1) is 6.92 Å². The maximum absolute atomic E-state index is 10.7. The second-order valence-corrected chi connectivity index (χ2v) is 4.70. The van der Waals surface area contributed by atoms with Crippen LogP contribution in [0.5, 0.6) is 0 Å². The molecule has 3 nitrogen and oxygen atoms in total. The fourth-order valence-electron chi connectivity index (χ4n) is 2.08. The highest BCUT2D eigenvalue weighted by Gasteiger charge is 2.11. The standard InChI is InChI=1S/C16H17NO2/c1-11-4-2-5-12(8-11)13-6-3-7-14(9-13)15(17)10-16(18)19/h2-9,15H,10,17H2,1H3,(H,18,19). The summed E-state index contributed by atoms with van der Waals surface area (Å²) in [6, 6.07) is 15.5. The van der Waals surface area contributed by atoms with Crippen molar-refractivity contribution in [2.24, 2.45) is 5.73 Å². The first kappa shape index (κ1) is 13.3. The van der Waals surface area contributed by atoms with Gasteiger partial charge in [0.2, 0.25) is 0 Å². The minimum Gasteiger partial charge on any atom is -0.481 e. The van der Waals surface area contributed by atoms with Crippen LogP contribution in [0.3, 0.4) is 0 Å². The topological polar surface area (TPSA) is 63.3 Å². The van der Waals surface area contributed by atoms with Crippen LogP contribution in [0.4, 0.5) is 0 Å². The van der Waals surface area contributed by atoms with Crippen molar-refractivity contribution in [2.75, 3.05) is 0 Å². The normalized spacial score (nSPS) is 12.1. The lowest BCUT2D eigenvalue weighted by Crippen LogP contribution is -2.14. The zero-order valence-corrected chi connectivity index (χ0v) is 10.8. The van der Waals surface area contributed by atoms with E-state index in [1.54, 1.807) is 0 Å². The summed E-state index contributed by atoms with van der Waals surface area (Å²) in [5.74, 6) is -0.881. The Hall–Kier alpha value is -2.13. The lowest BCUT2D eigenvalue weighted by Gasteiger charge is -2.11. The van der Waals surface area contributed by atoms with E-state index >= 15 is 0 Å². The van der Waals surface area contributed by atoms with E-state index in [9.17, 15) is 4.79 Å². The number of rotatable bonds is 4. The molecular weight excluding hydrogens is 238 g/mol. The Morgan fingerprint density at radius 1 is 1.16 bits per heavy atom. The van der Waals surface area contributed by atoms with E-state index in [0.717, 1.165) is 16.7 Å². The predicted octanol–water partition coefficient (Wildman–Crippen LogP) is 3.14. The second kappa shape index (κ2) is 5.67. The summed E-state index contributed by atoms with van der Waals surface area (Å²) in [6.45, 7) is 2.05. The van der Waals surface area contributed by atoms with Gasteiger partial charge in [-0.05, 0) is 29.7 Å². The first-order valence-corrected chi connectivity index (χ1v) is 6.20.